The van der Waals surface area contributed by atoms with Crippen LogP contribution in [0.2, 0.25) is 0 Å². The normalized spacial score (nSPS) is 23.0. The topological polar surface area (TPSA) is 78.4 Å². The molecule has 0 aliphatic heterocycles. The van der Waals surface area contributed by atoms with Gasteiger partial charge in [0.25, 0.3) is 0 Å². The minimum absolute atomic E-state index is 0.137. The first-order valence-electron chi connectivity index (χ1n) is 5.15. The Hall–Kier alpha value is -1.62. The summed E-state index contributed by atoms with van der Waals surface area (Å²) in [6.07, 6.45) is 5.44. The summed E-state index contributed by atoms with van der Waals surface area (Å²) in [6, 6.07) is -0.167. The molecule has 0 radical (unpaired) electrons. The van der Waals surface area contributed by atoms with Crippen LogP contribution >= 0.6 is 0 Å². The number of nitrogens with one attached hydrogen (secondary N) is 2. The Morgan fingerprint density at radius 2 is 2.25 bits per heavy atom. The second kappa shape index (κ2) is 6.07. The van der Waals surface area contributed by atoms with Crippen LogP contribution in [0, 0.1) is 5.92 Å². The zero-order valence-electron chi connectivity index (χ0n) is 8.98. The smallest absolute Gasteiger partial charge is 0.310 e. The molecule has 5 heteroatoms. The van der Waals surface area contributed by atoms with Crippen molar-refractivity contribution >= 4 is 11.9 Å². The summed E-state index contributed by atoms with van der Waals surface area (Å²) in [7, 11) is 0. The lowest BCUT2D eigenvalue weighted by Gasteiger charge is -2.12. The van der Waals surface area contributed by atoms with Crippen molar-refractivity contribution in [3.63, 3.8) is 0 Å². The van der Waals surface area contributed by atoms with Gasteiger partial charge in [-0.05, 0) is 6.42 Å². The van der Waals surface area contributed by atoms with Crippen molar-refractivity contribution in [1.29, 1.82) is 0 Å². The molecule has 0 saturated heterocycles. The van der Waals surface area contributed by atoms with Gasteiger partial charge in [0.2, 0.25) is 5.91 Å². The fourth-order valence-electron chi connectivity index (χ4n) is 1.53. The van der Waals surface area contributed by atoms with Crippen molar-refractivity contribution in [3.8, 4) is 0 Å². The van der Waals surface area contributed by atoms with E-state index in [1.165, 1.54) is 0 Å². The van der Waals surface area contributed by atoms with E-state index in [1.807, 2.05) is 0 Å². The highest BCUT2D eigenvalue weighted by atomic mass is 16.4. The van der Waals surface area contributed by atoms with E-state index in [0.717, 1.165) is 0 Å². The van der Waals surface area contributed by atoms with Crippen LogP contribution in [0.15, 0.2) is 24.8 Å². The van der Waals surface area contributed by atoms with Gasteiger partial charge in [-0.2, -0.15) is 0 Å². The van der Waals surface area contributed by atoms with Gasteiger partial charge in [0.05, 0.1) is 12.5 Å². The summed E-state index contributed by atoms with van der Waals surface area (Å²) in [6.45, 7) is 4.31. The van der Waals surface area contributed by atoms with Crippen molar-refractivity contribution in [2.24, 2.45) is 5.92 Å². The molecule has 1 amide bonds. The van der Waals surface area contributed by atoms with Gasteiger partial charge in [-0.25, -0.2) is 0 Å². The van der Waals surface area contributed by atoms with Crippen LogP contribution < -0.4 is 10.6 Å². The molecular formula is C11H16N2O3. The maximum atomic E-state index is 11.4. The van der Waals surface area contributed by atoms with Gasteiger partial charge in [-0.1, -0.05) is 18.2 Å². The second-order valence-corrected chi connectivity index (χ2v) is 3.66. The SMILES string of the molecule is C=CCNCC(=O)NC1C=CC(C(=O)O)C1. The fourth-order valence-corrected chi connectivity index (χ4v) is 1.53. The first kappa shape index (κ1) is 12.4. The van der Waals surface area contributed by atoms with Crippen molar-refractivity contribution in [2.75, 3.05) is 13.1 Å². The van der Waals surface area contributed by atoms with Crippen LogP contribution in [0.25, 0.3) is 0 Å². The van der Waals surface area contributed by atoms with E-state index in [0.29, 0.717) is 13.0 Å². The molecule has 0 heterocycles. The summed E-state index contributed by atoms with van der Waals surface area (Å²) in [5.74, 6) is -1.47. The van der Waals surface area contributed by atoms with Gasteiger partial charge in [-0.15, -0.1) is 6.58 Å². The molecule has 0 spiro atoms. The molecule has 0 aromatic rings. The summed E-state index contributed by atoms with van der Waals surface area (Å²) >= 11 is 0. The van der Waals surface area contributed by atoms with E-state index >= 15 is 0 Å². The highest BCUT2D eigenvalue weighted by molar-refractivity contribution is 5.79. The van der Waals surface area contributed by atoms with Gasteiger partial charge in [-0.3, -0.25) is 9.59 Å². The van der Waals surface area contributed by atoms with Crippen LogP contribution in [-0.4, -0.2) is 36.1 Å². The zero-order chi connectivity index (χ0) is 12.0. The standard InChI is InChI=1S/C11H16N2O3/c1-2-5-12-7-10(14)13-9-4-3-8(6-9)11(15)16/h2-4,8-9,12H,1,5-7H2,(H,13,14)(H,15,16). The van der Waals surface area contributed by atoms with Crippen LogP contribution in [0.5, 0.6) is 0 Å². The van der Waals surface area contributed by atoms with Gasteiger partial charge in [0, 0.05) is 12.6 Å². The fraction of sp³-hybridized carbons (Fsp3) is 0.455. The molecule has 3 N–H and O–H groups in total. The summed E-state index contributed by atoms with van der Waals surface area (Å²) < 4.78 is 0. The van der Waals surface area contributed by atoms with E-state index in [2.05, 4.69) is 17.2 Å². The summed E-state index contributed by atoms with van der Waals surface area (Å²) in [5.41, 5.74) is 0. The molecule has 88 valence electrons. The molecule has 1 aliphatic carbocycles. The highest BCUT2D eigenvalue weighted by Gasteiger charge is 2.24. The number of carbonyl (C=O) groups excluding carboxylic acids is 1. The summed E-state index contributed by atoms with van der Waals surface area (Å²) in [5, 5.41) is 14.4. The van der Waals surface area contributed by atoms with Gasteiger partial charge in [0.15, 0.2) is 0 Å². The maximum absolute atomic E-state index is 11.4. The van der Waals surface area contributed by atoms with E-state index < -0.39 is 11.9 Å². The van der Waals surface area contributed by atoms with E-state index in [-0.39, 0.29) is 18.5 Å². The predicted molar refractivity (Wildman–Crippen MR) is 59.9 cm³/mol. The molecule has 1 rings (SSSR count). The lowest BCUT2D eigenvalue weighted by atomic mass is 10.1. The van der Waals surface area contributed by atoms with Gasteiger partial charge in [0.1, 0.15) is 0 Å². The number of amides is 1. The largest absolute Gasteiger partial charge is 0.481 e. The molecule has 2 unspecified atom stereocenters. The average Bonchev–Trinajstić information content (AvgIpc) is 2.66. The quantitative estimate of drug-likeness (QED) is 0.435. The number of rotatable bonds is 6. The number of carbonyl (C=O) groups is 2. The Labute approximate surface area is 94.2 Å². The number of carboxylic acid groups (broad SMARTS) is 1. The molecule has 0 aromatic carbocycles. The van der Waals surface area contributed by atoms with Crippen LogP contribution in [0.3, 0.4) is 0 Å². The third-order valence-corrected chi connectivity index (χ3v) is 2.32. The van der Waals surface area contributed by atoms with E-state index in [4.69, 9.17) is 5.11 Å². The third kappa shape index (κ3) is 3.86. The van der Waals surface area contributed by atoms with Crippen LogP contribution in [-0.2, 0) is 9.59 Å². The first-order valence-corrected chi connectivity index (χ1v) is 5.15. The first-order chi connectivity index (χ1) is 7.63. The lowest BCUT2D eigenvalue weighted by molar-refractivity contribution is -0.140. The maximum Gasteiger partial charge on any atom is 0.310 e. The minimum Gasteiger partial charge on any atom is -0.481 e. The summed E-state index contributed by atoms with van der Waals surface area (Å²) in [4.78, 5) is 22.0. The average molecular weight is 224 g/mol. The second-order valence-electron chi connectivity index (χ2n) is 3.66. The molecule has 5 nitrogen and oxygen atoms in total. The Morgan fingerprint density at radius 1 is 1.50 bits per heavy atom. The molecule has 0 saturated carbocycles. The monoisotopic (exact) mass is 224 g/mol. The predicted octanol–water partition coefficient (Wildman–Crippen LogP) is -0.0925. The molecule has 0 fully saturated rings. The van der Waals surface area contributed by atoms with Gasteiger partial charge >= 0.3 is 5.97 Å². The van der Waals surface area contributed by atoms with Crippen molar-refractivity contribution in [2.45, 2.75) is 12.5 Å². The number of carboxylic acids is 1. The number of aliphatic carboxylic acids is 1. The number of hydrogen-bond acceptors (Lipinski definition) is 3. The number of hydrogen-bond donors (Lipinski definition) is 3. The third-order valence-electron chi connectivity index (χ3n) is 2.32. The molecule has 0 aromatic heterocycles. The zero-order valence-corrected chi connectivity index (χ0v) is 8.98. The Balaban J connectivity index is 2.24. The highest BCUT2D eigenvalue weighted by Crippen LogP contribution is 2.17. The molecule has 16 heavy (non-hydrogen) atoms. The Kier molecular flexibility index (Phi) is 4.72. The van der Waals surface area contributed by atoms with E-state index in [9.17, 15) is 9.59 Å². The Morgan fingerprint density at radius 3 is 2.81 bits per heavy atom. The van der Waals surface area contributed by atoms with Crippen LogP contribution in [0.1, 0.15) is 6.42 Å². The van der Waals surface area contributed by atoms with Crippen LogP contribution in [0.4, 0.5) is 0 Å². The minimum atomic E-state index is -0.849. The molecular weight excluding hydrogens is 208 g/mol. The van der Waals surface area contributed by atoms with Crippen molar-refractivity contribution in [3.05, 3.63) is 24.8 Å². The Bertz CT molecular complexity index is 312. The van der Waals surface area contributed by atoms with Crippen molar-refractivity contribution in [1.82, 2.24) is 10.6 Å². The molecule has 2 atom stereocenters. The molecule has 0 bridgehead atoms. The van der Waals surface area contributed by atoms with Crippen molar-refractivity contribution < 1.29 is 14.7 Å². The van der Waals surface area contributed by atoms with E-state index in [1.54, 1.807) is 18.2 Å². The molecule has 1 aliphatic rings. The van der Waals surface area contributed by atoms with Gasteiger partial charge < -0.3 is 15.7 Å². The lowest BCUT2D eigenvalue weighted by Crippen LogP contribution is -2.39.